The molecular weight excluding hydrogens is 400 g/mol. The van der Waals surface area contributed by atoms with Gasteiger partial charge in [0.2, 0.25) is 5.79 Å². The smallest absolute Gasteiger partial charge is 0.335 e. The first-order valence-corrected chi connectivity index (χ1v) is 11.4. The zero-order valence-corrected chi connectivity index (χ0v) is 18.6. The average Bonchev–Trinajstić information content (AvgIpc) is 2.96. The van der Waals surface area contributed by atoms with E-state index < -0.39 is 29.9 Å². The monoisotopic (exact) mass is 432 g/mol. The van der Waals surface area contributed by atoms with Gasteiger partial charge in [-0.25, -0.2) is 14.6 Å². The molecular formula is C24H32O7. The molecule has 1 aromatic carbocycles. The molecule has 1 spiro atoms. The van der Waals surface area contributed by atoms with Gasteiger partial charge >= 0.3 is 5.97 Å². The van der Waals surface area contributed by atoms with Crippen LogP contribution >= 0.6 is 0 Å². The van der Waals surface area contributed by atoms with E-state index in [0.29, 0.717) is 18.4 Å². The third-order valence-electron chi connectivity index (χ3n) is 8.09. The normalized spacial score (nSPS) is 43.9. The molecule has 5 aliphatic rings. The van der Waals surface area contributed by atoms with Crippen LogP contribution in [-0.4, -0.2) is 35.0 Å². The van der Waals surface area contributed by atoms with Crippen LogP contribution in [0.4, 0.5) is 0 Å². The van der Waals surface area contributed by atoms with E-state index in [1.165, 1.54) is 0 Å². The van der Waals surface area contributed by atoms with Crippen molar-refractivity contribution in [1.29, 1.82) is 0 Å². The molecule has 170 valence electrons. The molecule has 4 saturated heterocycles. The van der Waals surface area contributed by atoms with Crippen molar-refractivity contribution in [2.24, 2.45) is 23.7 Å². The van der Waals surface area contributed by atoms with Gasteiger partial charge in [0.25, 0.3) is 0 Å². The van der Waals surface area contributed by atoms with Crippen LogP contribution in [0.5, 0.6) is 0 Å². The van der Waals surface area contributed by atoms with Gasteiger partial charge in [-0.1, -0.05) is 19.9 Å². The molecule has 0 aromatic heterocycles. The molecule has 31 heavy (non-hydrogen) atoms. The van der Waals surface area contributed by atoms with E-state index in [9.17, 15) is 9.90 Å². The Bertz CT molecular complexity index is 871. The number of carbonyl (C=O) groups is 1. The lowest BCUT2D eigenvalue weighted by molar-refractivity contribution is -0.577. The quantitative estimate of drug-likeness (QED) is 0.705. The SMILES string of the molecule is Cc1cc(C(=O)O)ccc1CO[C@H]1O[C@@H]2O[C@@]3(C)CC[C@H]4[C@H](C)CC[C@@H]([C@H]1C)[C@@]24OO3. The summed E-state index contributed by atoms with van der Waals surface area (Å²) >= 11 is 0. The van der Waals surface area contributed by atoms with Gasteiger partial charge in [-0.2, -0.15) is 0 Å². The highest BCUT2D eigenvalue weighted by Gasteiger charge is 2.69. The first-order chi connectivity index (χ1) is 14.7. The van der Waals surface area contributed by atoms with Crippen LogP contribution in [0.3, 0.4) is 0 Å². The molecule has 1 N–H and O–H groups in total. The summed E-state index contributed by atoms with van der Waals surface area (Å²) in [6, 6.07) is 5.10. The first kappa shape index (κ1) is 21.3. The first-order valence-electron chi connectivity index (χ1n) is 11.4. The Balaban J connectivity index is 1.38. The van der Waals surface area contributed by atoms with Crippen molar-refractivity contribution in [3.8, 4) is 0 Å². The molecule has 1 aliphatic carbocycles. The zero-order chi connectivity index (χ0) is 22.0. The van der Waals surface area contributed by atoms with Crippen molar-refractivity contribution in [3.63, 3.8) is 0 Å². The van der Waals surface area contributed by atoms with E-state index in [0.717, 1.165) is 36.8 Å². The van der Waals surface area contributed by atoms with E-state index >= 15 is 0 Å². The van der Waals surface area contributed by atoms with Crippen molar-refractivity contribution in [2.75, 3.05) is 0 Å². The summed E-state index contributed by atoms with van der Waals surface area (Å²) in [6.07, 6.45) is 3.00. The number of aryl methyl sites for hydroxylation is 1. The van der Waals surface area contributed by atoms with Gasteiger partial charge in [0.05, 0.1) is 12.2 Å². The van der Waals surface area contributed by atoms with E-state index in [-0.39, 0.29) is 17.4 Å². The van der Waals surface area contributed by atoms with Crippen molar-refractivity contribution < 1.29 is 33.9 Å². The summed E-state index contributed by atoms with van der Waals surface area (Å²) in [5.41, 5.74) is 1.53. The second-order valence-corrected chi connectivity index (χ2v) is 10.0. The highest BCUT2D eigenvalue weighted by molar-refractivity contribution is 5.87. The Hall–Kier alpha value is -1.51. The van der Waals surface area contributed by atoms with Crippen molar-refractivity contribution in [1.82, 2.24) is 0 Å². The van der Waals surface area contributed by atoms with Crippen LogP contribution in [0.2, 0.25) is 0 Å². The standard InChI is InChI=1S/C24H32O7/c1-13-5-8-19-15(3)21(27-12-17-7-6-16(20(25)26)11-14(17)2)28-22-24(19)18(13)9-10-23(4,29-22)30-31-24/h6-7,11,13,15,18-19,21-22H,5,8-10,12H2,1-4H3,(H,25,26)/t13-,15-,18+,19+,21+,22-,23-,24-/m1/s1. The minimum absolute atomic E-state index is 0.111. The number of hydrogen-bond donors (Lipinski definition) is 1. The summed E-state index contributed by atoms with van der Waals surface area (Å²) in [5.74, 6) is -0.547. The van der Waals surface area contributed by atoms with E-state index in [1.54, 1.807) is 12.1 Å². The predicted molar refractivity (Wildman–Crippen MR) is 110 cm³/mol. The van der Waals surface area contributed by atoms with E-state index in [2.05, 4.69) is 13.8 Å². The zero-order valence-electron chi connectivity index (χ0n) is 18.6. The fraction of sp³-hybridized carbons (Fsp3) is 0.708. The van der Waals surface area contributed by atoms with Gasteiger partial charge in [-0.05, 0) is 68.2 Å². The molecule has 4 aliphatic heterocycles. The van der Waals surface area contributed by atoms with Gasteiger partial charge in [-0.3, -0.25) is 0 Å². The molecule has 2 bridgehead atoms. The molecule has 0 amide bonds. The fourth-order valence-corrected chi connectivity index (χ4v) is 6.23. The number of carboxylic acids is 1. The highest BCUT2D eigenvalue weighted by atomic mass is 17.3. The Morgan fingerprint density at radius 2 is 2.00 bits per heavy atom. The summed E-state index contributed by atoms with van der Waals surface area (Å²) in [6.45, 7) is 8.63. The number of carboxylic acid groups (broad SMARTS) is 1. The van der Waals surface area contributed by atoms with Crippen molar-refractivity contribution in [3.05, 3.63) is 34.9 Å². The number of ether oxygens (including phenoxy) is 3. The van der Waals surface area contributed by atoms with Gasteiger partial charge in [0.15, 0.2) is 18.2 Å². The lowest BCUT2D eigenvalue weighted by Gasteiger charge is -2.60. The molecule has 4 heterocycles. The maximum absolute atomic E-state index is 11.2. The molecule has 0 radical (unpaired) electrons. The van der Waals surface area contributed by atoms with Gasteiger partial charge in [0, 0.05) is 18.3 Å². The summed E-state index contributed by atoms with van der Waals surface area (Å²) in [5, 5.41) is 9.19. The molecule has 7 heteroatoms. The Morgan fingerprint density at radius 1 is 1.19 bits per heavy atom. The largest absolute Gasteiger partial charge is 0.478 e. The minimum Gasteiger partial charge on any atom is -0.478 e. The third-order valence-corrected chi connectivity index (χ3v) is 8.09. The lowest BCUT2D eigenvalue weighted by atomic mass is 9.58. The minimum atomic E-state index is -0.928. The summed E-state index contributed by atoms with van der Waals surface area (Å²) in [7, 11) is 0. The Morgan fingerprint density at radius 3 is 2.74 bits per heavy atom. The molecule has 0 unspecified atom stereocenters. The fourth-order valence-electron chi connectivity index (χ4n) is 6.23. The number of rotatable bonds is 4. The van der Waals surface area contributed by atoms with Crippen LogP contribution in [-0.2, 0) is 30.6 Å². The van der Waals surface area contributed by atoms with Gasteiger partial charge in [0.1, 0.15) is 0 Å². The number of fused-ring (bicyclic) bond motifs is 2. The third kappa shape index (κ3) is 3.33. The van der Waals surface area contributed by atoms with Gasteiger partial charge in [-0.15, -0.1) is 0 Å². The second-order valence-electron chi connectivity index (χ2n) is 10.0. The number of aromatic carboxylic acids is 1. The maximum Gasteiger partial charge on any atom is 0.335 e. The van der Waals surface area contributed by atoms with Crippen molar-refractivity contribution >= 4 is 5.97 Å². The van der Waals surface area contributed by atoms with Crippen LogP contribution in [0.25, 0.3) is 0 Å². The predicted octanol–water partition coefficient (Wildman–Crippen LogP) is 4.42. The van der Waals surface area contributed by atoms with Crippen molar-refractivity contribution in [2.45, 2.75) is 84.0 Å². The topological polar surface area (TPSA) is 83.5 Å². The highest BCUT2D eigenvalue weighted by Crippen LogP contribution is 2.60. The maximum atomic E-state index is 11.2. The Labute approximate surface area is 182 Å². The molecule has 1 saturated carbocycles. The Kier molecular flexibility index (Phi) is 5.18. The lowest BCUT2D eigenvalue weighted by Crippen LogP contribution is -2.70. The molecule has 5 fully saturated rings. The summed E-state index contributed by atoms with van der Waals surface area (Å²) < 4.78 is 19.1. The molecule has 1 aromatic rings. The molecule has 7 nitrogen and oxygen atoms in total. The van der Waals surface area contributed by atoms with Crippen LogP contribution in [0, 0.1) is 30.6 Å². The van der Waals surface area contributed by atoms with Crippen LogP contribution in [0.15, 0.2) is 18.2 Å². The second kappa shape index (κ2) is 7.52. The molecule has 6 rings (SSSR count). The summed E-state index contributed by atoms with van der Waals surface area (Å²) in [4.78, 5) is 23.2. The van der Waals surface area contributed by atoms with Gasteiger partial charge < -0.3 is 19.3 Å². The average molecular weight is 433 g/mol. The van der Waals surface area contributed by atoms with E-state index in [4.69, 9.17) is 24.0 Å². The van der Waals surface area contributed by atoms with Crippen LogP contribution < -0.4 is 0 Å². The molecule has 8 atom stereocenters. The van der Waals surface area contributed by atoms with Crippen LogP contribution in [0.1, 0.15) is 67.9 Å². The van der Waals surface area contributed by atoms with E-state index in [1.807, 2.05) is 19.9 Å². The number of benzene rings is 1. The number of hydrogen-bond acceptors (Lipinski definition) is 6.